The second-order valence-corrected chi connectivity index (χ2v) is 10.4. The van der Waals surface area contributed by atoms with Crippen LogP contribution < -0.4 is 9.47 Å². The lowest BCUT2D eigenvalue weighted by Gasteiger charge is -2.14. The van der Waals surface area contributed by atoms with Crippen LogP contribution in [-0.4, -0.2) is 28.0 Å². The molecule has 0 atom stereocenters. The highest BCUT2D eigenvalue weighted by Gasteiger charge is 2.20. The first-order chi connectivity index (χ1) is 17.4. The van der Waals surface area contributed by atoms with E-state index in [-0.39, 0.29) is 18.0 Å². The molecule has 0 N–H and O–H groups in total. The van der Waals surface area contributed by atoms with Gasteiger partial charge in [0, 0.05) is 12.0 Å². The SMILES string of the molecule is CC(C)Oc1ccc(CC(=O)Cc2ncc(-c3ccc(OC(C)C)cc3)nc2CC2CCCC2)cc1. The number of carbonyl (C=O) groups excluding carboxylic acids is 1. The molecule has 0 aliphatic heterocycles. The van der Waals surface area contributed by atoms with E-state index < -0.39 is 0 Å². The van der Waals surface area contributed by atoms with Gasteiger partial charge in [-0.15, -0.1) is 0 Å². The summed E-state index contributed by atoms with van der Waals surface area (Å²) in [6.45, 7) is 8.04. The average Bonchev–Trinajstić information content (AvgIpc) is 3.34. The number of benzene rings is 2. The molecule has 1 fully saturated rings. The second kappa shape index (κ2) is 12.2. The van der Waals surface area contributed by atoms with Gasteiger partial charge in [-0.3, -0.25) is 9.78 Å². The maximum absolute atomic E-state index is 13.0. The maximum atomic E-state index is 13.0. The fraction of sp³-hybridized carbons (Fsp3) is 0.452. The van der Waals surface area contributed by atoms with Crippen LogP contribution in [-0.2, 0) is 24.1 Å². The third kappa shape index (κ3) is 7.39. The van der Waals surface area contributed by atoms with Gasteiger partial charge in [-0.25, -0.2) is 4.98 Å². The molecule has 1 heterocycles. The van der Waals surface area contributed by atoms with Crippen molar-refractivity contribution >= 4 is 5.78 Å². The van der Waals surface area contributed by atoms with E-state index >= 15 is 0 Å². The molecule has 0 amide bonds. The van der Waals surface area contributed by atoms with Gasteiger partial charge in [0.1, 0.15) is 17.3 Å². The number of carbonyl (C=O) groups is 1. The normalized spacial score (nSPS) is 13.9. The van der Waals surface area contributed by atoms with Crippen LogP contribution in [0.1, 0.15) is 70.3 Å². The van der Waals surface area contributed by atoms with Gasteiger partial charge in [-0.05, 0) is 82.0 Å². The molecule has 1 aromatic heterocycles. The monoisotopic (exact) mass is 486 g/mol. The topological polar surface area (TPSA) is 61.3 Å². The quantitative estimate of drug-likeness (QED) is 0.298. The number of Topliss-reactive ketones (excluding diaryl/α,β-unsaturated/α-hetero) is 1. The Morgan fingerprint density at radius 3 is 2.00 bits per heavy atom. The summed E-state index contributed by atoms with van der Waals surface area (Å²) in [6.07, 6.45) is 8.65. The molecular formula is C31H38N2O3. The fourth-order valence-electron chi connectivity index (χ4n) is 4.80. The second-order valence-electron chi connectivity index (χ2n) is 10.4. The van der Waals surface area contributed by atoms with Gasteiger partial charge in [0.2, 0.25) is 0 Å². The Balaban J connectivity index is 1.49. The summed E-state index contributed by atoms with van der Waals surface area (Å²) in [5.41, 5.74) is 4.62. The van der Waals surface area contributed by atoms with E-state index in [2.05, 4.69) is 0 Å². The van der Waals surface area contributed by atoms with Crippen LogP contribution >= 0.6 is 0 Å². The molecular weight excluding hydrogens is 448 g/mol. The first kappa shape index (κ1) is 25.9. The van der Waals surface area contributed by atoms with Crippen molar-refractivity contribution in [1.29, 1.82) is 0 Å². The fourth-order valence-corrected chi connectivity index (χ4v) is 4.80. The molecule has 4 rings (SSSR count). The van der Waals surface area contributed by atoms with Gasteiger partial charge in [0.25, 0.3) is 0 Å². The molecule has 190 valence electrons. The number of nitrogens with zero attached hydrogens (tertiary/aromatic N) is 2. The Labute approximate surface area is 215 Å². The van der Waals surface area contributed by atoms with Crippen molar-refractivity contribution in [3.63, 3.8) is 0 Å². The highest BCUT2D eigenvalue weighted by molar-refractivity contribution is 5.83. The molecule has 0 bridgehead atoms. The van der Waals surface area contributed by atoms with Crippen molar-refractivity contribution in [2.45, 2.75) is 84.8 Å². The molecule has 3 aromatic rings. The third-order valence-electron chi connectivity index (χ3n) is 6.47. The molecule has 5 heteroatoms. The van der Waals surface area contributed by atoms with Gasteiger partial charge < -0.3 is 9.47 Å². The molecule has 1 aliphatic carbocycles. The van der Waals surface area contributed by atoms with E-state index in [9.17, 15) is 4.79 Å². The van der Waals surface area contributed by atoms with Gasteiger partial charge >= 0.3 is 0 Å². The summed E-state index contributed by atoms with van der Waals surface area (Å²) in [6, 6.07) is 15.8. The number of ketones is 1. The van der Waals surface area contributed by atoms with Crippen LogP contribution in [0.2, 0.25) is 0 Å². The van der Waals surface area contributed by atoms with Crippen molar-refractivity contribution in [3.05, 3.63) is 71.7 Å². The van der Waals surface area contributed by atoms with E-state index in [1.807, 2.05) is 76.2 Å². The maximum Gasteiger partial charge on any atom is 0.143 e. The minimum atomic E-state index is 0.128. The molecule has 5 nitrogen and oxygen atoms in total. The standard InChI is InChI=1S/C31H38N2O3/c1-21(2)35-27-13-9-24(10-14-27)17-26(34)19-29-30(18-23-7-5-6-8-23)33-31(20-32-29)25-11-15-28(16-12-25)36-22(3)4/h9-16,20-23H,5-8,17-19H2,1-4H3. The van der Waals surface area contributed by atoms with E-state index in [4.69, 9.17) is 19.4 Å². The summed E-state index contributed by atoms with van der Waals surface area (Å²) in [5, 5.41) is 0. The first-order valence-electron chi connectivity index (χ1n) is 13.2. The molecule has 36 heavy (non-hydrogen) atoms. The zero-order valence-electron chi connectivity index (χ0n) is 22.0. The van der Waals surface area contributed by atoms with E-state index in [0.29, 0.717) is 18.8 Å². The highest BCUT2D eigenvalue weighted by atomic mass is 16.5. The van der Waals surface area contributed by atoms with Crippen LogP contribution in [0.3, 0.4) is 0 Å². The Kier molecular flexibility index (Phi) is 8.74. The van der Waals surface area contributed by atoms with Crippen molar-refractivity contribution in [2.24, 2.45) is 5.92 Å². The van der Waals surface area contributed by atoms with Crippen molar-refractivity contribution in [2.75, 3.05) is 0 Å². The Morgan fingerprint density at radius 1 is 0.833 bits per heavy atom. The Morgan fingerprint density at radius 2 is 1.42 bits per heavy atom. The molecule has 0 saturated heterocycles. The highest BCUT2D eigenvalue weighted by Crippen LogP contribution is 2.30. The summed E-state index contributed by atoms with van der Waals surface area (Å²) in [4.78, 5) is 22.8. The zero-order valence-corrected chi connectivity index (χ0v) is 22.0. The number of hydrogen-bond acceptors (Lipinski definition) is 5. The van der Waals surface area contributed by atoms with Crippen LogP contribution in [0.4, 0.5) is 0 Å². The predicted molar refractivity (Wildman–Crippen MR) is 144 cm³/mol. The number of hydrogen-bond donors (Lipinski definition) is 0. The molecule has 0 radical (unpaired) electrons. The van der Waals surface area contributed by atoms with Gasteiger partial charge in [0.15, 0.2) is 0 Å². The molecule has 1 saturated carbocycles. The molecule has 1 aliphatic rings. The van der Waals surface area contributed by atoms with Crippen LogP contribution in [0.5, 0.6) is 11.5 Å². The Bertz CT molecular complexity index is 1130. The van der Waals surface area contributed by atoms with Crippen LogP contribution in [0, 0.1) is 5.92 Å². The first-order valence-corrected chi connectivity index (χ1v) is 13.2. The number of rotatable bonds is 11. The van der Waals surface area contributed by atoms with E-state index in [1.54, 1.807) is 6.20 Å². The lowest BCUT2D eigenvalue weighted by atomic mass is 9.97. The van der Waals surface area contributed by atoms with E-state index in [0.717, 1.165) is 46.1 Å². The summed E-state index contributed by atoms with van der Waals surface area (Å²) < 4.78 is 11.5. The zero-order chi connectivity index (χ0) is 25.5. The van der Waals surface area contributed by atoms with E-state index in [1.165, 1.54) is 25.7 Å². The smallest absolute Gasteiger partial charge is 0.143 e. The summed E-state index contributed by atoms with van der Waals surface area (Å²) in [5.74, 6) is 2.44. The lowest BCUT2D eigenvalue weighted by molar-refractivity contribution is -0.117. The molecule has 0 unspecified atom stereocenters. The van der Waals surface area contributed by atoms with Crippen LogP contribution in [0.15, 0.2) is 54.7 Å². The lowest BCUT2D eigenvalue weighted by Crippen LogP contribution is -2.14. The van der Waals surface area contributed by atoms with Crippen molar-refractivity contribution in [3.8, 4) is 22.8 Å². The van der Waals surface area contributed by atoms with Crippen LogP contribution in [0.25, 0.3) is 11.3 Å². The minimum absolute atomic E-state index is 0.128. The van der Waals surface area contributed by atoms with Gasteiger partial charge in [-0.1, -0.05) is 37.8 Å². The third-order valence-corrected chi connectivity index (χ3v) is 6.47. The Hall–Kier alpha value is -3.21. The average molecular weight is 487 g/mol. The van der Waals surface area contributed by atoms with Gasteiger partial charge in [0.05, 0.1) is 41.9 Å². The number of ether oxygens (including phenoxy) is 2. The summed E-state index contributed by atoms with van der Waals surface area (Å²) in [7, 11) is 0. The minimum Gasteiger partial charge on any atom is -0.491 e. The van der Waals surface area contributed by atoms with Gasteiger partial charge in [-0.2, -0.15) is 0 Å². The molecule has 0 spiro atoms. The van der Waals surface area contributed by atoms with Crippen molar-refractivity contribution in [1.82, 2.24) is 9.97 Å². The largest absolute Gasteiger partial charge is 0.491 e. The summed E-state index contributed by atoms with van der Waals surface area (Å²) >= 11 is 0. The van der Waals surface area contributed by atoms with Crippen molar-refractivity contribution < 1.29 is 14.3 Å². The molecule has 2 aromatic carbocycles. The number of aromatic nitrogens is 2. The predicted octanol–water partition coefficient (Wildman–Crippen LogP) is 6.81.